The van der Waals surface area contributed by atoms with E-state index >= 15 is 0 Å². The van der Waals surface area contributed by atoms with Crippen LogP contribution in [0.4, 0.5) is 0 Å². The third kappa shape index (κ3) is 4.43. The van der Waals surface area contributed by atoms with Crippen molar-refractivity contribution in [1.29, 1.82) is 0 Å². The Bertz CT molecular complexity index is 353. The Labute approximate surface area is 114 Å². The highest BCUT2D eigenvalue weighted by atomic mass is 28.3. The van der Waals surface area contributed by atoms with E-state index in [0.717, 1.165) is 12.5 Å². The van der Waals surface area contributed by atoms with Gasteiger partial charge in [-0.05, 0) is 23.1 Å². The molecule has 1 nitrogen and oxygen atoms in total. The molecule has 0 aliphatic rings. The summed E-state index contributed by atoms with van der Waals surface area (Å²) in [5.41, 5.74) is 1.29. The molecule has 18 heavy (non-hydrogen) atoms. The summed E-state index contributed by atoms with van der Waals surface area (Å²) in [6.45, 7) is 12.9. The normalized spacial score (nSPS) is 13.6. The van der Waals surface area contributed by atoms with Crippen LogP contribution in [0.2, 0.25) is 11.1 Å². The van der Waals surface area contributed by atoms with Gasteiger partial charge in [0.25, 0.3) is 0 Å². The van der Waals surface area contributed by atoms with Crippen LogP contribution in [0.5, 0.6) is 0 Å². The Morgan fingerprint density at radius 1 is 1.28 bits per heavy atom. The van der Waals surface area contributed by atoms with Crippen molar-refractivity contribution in [2.45, 2.75) is 51.3 Å². The molecular weight excluding hydrogens is 236 g/mol. The lowest BCUT2D eigenvalue weighted by Gasteiger charge is -2.31. The second-order valence-corrected chi connectivity index (χ2v) is 8.58. The van der Waals surface area contributed by atoms with Gasteiger partial charge in [-0.25, -0.2) is 0 Å². The minimum Gasteiger partial charge on any atom is -0.409 e. The maximum absolute atomic E-state index is 6.42. The smallest absolute Gasteiger partial charge is 0.221 e. The number of hydrogen-bond donors (Lipinski definition) is 0. The predicted octanol–water partition coefficient (Wildman–Crippen LogP) is 5.13. The van der Waals surface area contributed by atoms with Crippen molar-refractivity contribution in [2.24, 2.45) is 0 Å². The molecule has 0 bridgehead atoms. The van der Waals surface area contributed by atoms with Crippen LogP contribution in [0.15, 0.2) is 43.0 Å². The van der Waals surface area contributed by atoms with E-state index in [0.29, 0.717) is 0 Å². The van der Waals surface area contributed by atoms with Gasteiger partial charge in [0.15, 0.2) is 0 Å². The van der Waals surface area contributed by atoms with Crippen molar-refractivity contribution in [3.63, 3.8) is 0 Å². The monoisotopic (exact) mass is 261 g/mol. The van der Waals surface area contributed by atoms with E-state index in [1.165, 1.54) is 5.56 Å². The topological polar surface area (TPSA) is 9.23 Å². The van der Waals surface area contributed by atoms with Crippen molar-refractivity contribution in [2.75, 3.05) is 0 Å². The first kappa shape index (κ1) is 15.2. The van der Waals surface area contributed by atoms with E-state index in [2.05, 4.69) is 64.6 Å². The molecule has 0 saturated heterocycles. The van der Waals surface area contributed by atoms with Crippen LogP contribution in [0, 0.1) is 0 Å². The number of allylic oxidation sites excluding steroid dienone is 1. The van der Waals surface area contributed by atoms with Gasteiger partial charge in [-0.3, -0.25) is 0 Å². The summed E-state index contributed by atoms with van der Waals surface area (Å²) in [5.74, 6) is 0. The van der Waals surface area contributed by atoms with Gasteiger partial charge in [-0.1, -0.05) is 64.1 Å². The van der Waals surface area contributed by atoms with Crippen LogP contribution in [0.3, 0.4) is 0 Å². The summed E-state index contributed by atoms with van der Waals surface area (Å²) in [4.78, 5) is 0. The predicted molar refractivity (Wildman–Crippen MR) is 81.0 cm³/mol. The average molecular weight is 261 g/mol. The molecule has 1 rings (SSSR count). The standard InChI is InChI=1S/C16H25OSi/c1-6-13-18(16(3,4)5)17-15(7-2)14-11-9-8-10-12-14/h6,8-12,15H,1,7,13H2,2-5H3/t15-/m1/s1. The Kier molecular flexibility index (Phi) is 5.83. The zero-order valence-electron chi connectivity index (χ0n) is 12.1. The Morgan fingerprint density at radius 3 is 2.33 bits per heavy atom. The fourth-order valence-electron chi connectivity index (χ4n) is 1.89. The Hall–Kier alpha value is -0.863. The summed E-state index contributed by atoms with van der Waals surface area (Å²) in [5, 5.41) is 0.237. The largest absolute Gasteiger partial charge is 0.409 e. The van der Waals surface area contributed by atoms with Gasteiger partial charge in [-0.15, -0.1) is 6.58 Å². The Morgan fingerprint density at radius 2 is 1.89 bits per heavy atom. The highest BCUT2D eigenvalue weighted by Crippen LogP contribution is 2.34. The van der Waals surface area contributed by atoms with Crippen molar-refractivity contribution in [3.8, 4) is 0 Å². The van der Waals surface area contributed by atoms with Crippen molar-refractivity contribution >= 4 is 9.04 Å². The molecule has 0 aliphatic carbocycles. The zero-order valence-corrected chi connectivity index (χ0v) is 13.1. The summed E-state index contributed by atoms with van der Waals surface area (Å²) in [6.07, 6.45) is 3.24. The fourth-order valence-corrected chi connectivity index (χ4v) is 3.86. The lowest BCUT2D eigenvalue weighted by molar-refractivity contribution is 0.190. The summed E-state index contributed by atoms with van der Waals surface area (Å²) < 4.78 is 6.42. The van der Waals surface area contributed by atoms with Gasteiger partial charge in [0, 0.05) is 0 Å². The lowest BCUT2D eigenvalue weighted by Crippen LogP contribution is -2.30. The van der Waals surface area contributed by atoms with Crippen LogP contribution < -0.4 is 0 Å². The second kappa shape index (κ2) is 6.91. The fraction of sp³-hybridized carbons (Fsp3) is 0.500. The summed E-state index contributed by atoms with van der Waals surface area (Å²) in [7, 11) is -0.887. The molecule has 0 aliphatic heterocycles. The van der Waals surface area contributed by atoms with Crippen molar-refractivity contribution in [1.82, 2.24) is 0 Å². The molecule has 99 valence electrons. The highest BCUT2D eigenvalue weighted by molar-refractivity contribution is 6.55. The molecule has 0 amide bonds. The molecule has 1 atom stereocenters. The molecule has 0 aromatic heterocycles. The number of hydrogen-bond acceptors (Lipinski definition) is 1. The first-order chi connectivity index (χ1) is 8.49. The third-order valence-corrected chi connectivity index (χ3v) is 5.89. The molecule has 0 N–H and O–H groups in total. The summed E-state index contributed by atoms with van der Waals surface area (Å²) >= 11 is 0. The zero-order chi connectivity index (χ0) is 13.6. The maximum atomic E-state index is 6.42. The van der Waals surface area contributed by atoms with Gasteiger partial charge >= 0.3 is 0 Å². The van der Waals surface area contributed by atoms with Crippen LogP contribution in [0.25, 0.3) is 0 Å². The quantitative estimate of drug-likeness (QED) is 0.509. The van der Waals surface area contributed by atoms with Crippen molar-refractivity contribution in [3.05, 3.63) is 48.6 Å². The molecular formula is C16H25OSi. The first-order valence-electron chi connectivity index (χ1n) is 6.67. The molecule has 2 heteroatoms. The van der Waals surface area contributed by atoms with Gasteiger partial charge in [0.2, 0.25) is 9.04 Å². The lowest BCUT2D eigenvalue weighted by atomic mass is 10.1. The van der Waals surface area contributed by atoms with E-state index in [1.54, 1.807) is 0 Å². The van der Waals surface area contributed by atoms with Crippen LogP contribution >= 0.6 is 0 Å². The molecule has 0 spiro atoms. The maximum Gasteiger partial charge on any atom is 0.221 e. The molecule has 1 radical (unpaired) electrons. The minimum atomic E-state index is -0.887. The van der Waals surface area contributed by atoms with Crippen molar-refractivity contribution < 1.29 is 4.43 Å². The minimum absolute atomic E-state index is 0.222. The summed E-state index contributed by atoms with van der Waals surface area (Å²) in [6, 6.07) is 11.5. The number of benzene rings is 1. The van der Waals surface area contributed by atoms with Gasteiger partial charge in [0.1, 0.15) is 0 Å². The molecule has 1 aromatic carbocycles. The van der Waals surface area contributed by atoms with Gasteiger partial charge < -0.3 is 4.43 Å². The van der Waals surface area contributed by atoms with Crippen LogP contribution in [-0.4, -0.2) is 9.04 Å². The molecule has 0 heterocycles. The van der Waals surface area contributed by atoms with E-state index in [1.807, 2.05) is 6.08 Å². The van der Waals surface area contributed by atoms with E-state index in [4.69, 9.17) is 4.43 Å². The average Bonchev–Trinajstić information content (AvgIpc) is 2.34. The van der Waals surface area contributed by atoms with E-state index in [9.17, 15) is 0 Å². The number of rotatable bonds is 6. The van der Waals surface area contributed by atoms with Gasteiger partial charge in [-0.2, -0.15) is 0 Å². The first-order valence-corrected chi connectivity index (χ1v) is 8.29. The second-order valence-electron chi connectivity index (χ2n) is 5.59. The van der Waals surface area contributed by atoms with E-state index in [-0.39, 0.29) is 11.1 Å². The van der Waals surface area contributed by atoms with Gasteiger partial charge in [0.05, 0.1) is 6.10 Å². The van der Waals surface area contributed by atoms with Crippen LogP contribution in [0.1, 0.15) is 45.8 Å². The SMILES string of the molecule is C=CC[Si](O[C@H](CC)c1ccccc1)C(C)(C)C. The highest BCUT2D eigenvalue weighted by Gasteiger charge is 2.30. The molecule has 0 fully saturated rings. The molecule has 0 saturated carbocycles. The molecule has 0 unspecified atom stereocenters. The molecule has 1 aromatic rings. The van der Waals surface area contributed by atoms with E-state index < -0.39 is 9.04 Å². The van der Waals surface area contributed by atoms with Crippen LogP contribution in [-0.2, 0) is 4.43 Å². The third-order valence-electron chi connectivity index (χ3n) is 2.99. The Balaban J connectivity index is 2.80.